The summed E-state index contributed by atoms with van der Waals surface area (Å²) in [6.07, 6.45) is 0. The van der Waals surface area contributed by atoms with Gasteiger partial charge in [-0.05, 0) is 16.7 Å². The molecule has 20 heavy (non-hydrogen) atoms. The lowest BCUT2D eigenvalue weighted by Crippen LogP contribution is -2.50. The van der Waals surface area contributed by atoms with E-state index in [1.54, 1.807) is 0 Å². The maximum Gasteiger partial charge on any atom is 0.0476 e. The van der Waals surface area contributed by atoms with E-state index in [0.29, 0.717) is 12.0 Å². The first-order chi connectivity index (χ1) is 9.93. The van der Waals surface area contributed by atoms with Gasteiger partial charge in [0.15, 0.2) is 0 Å². The predicted molar refractivity (Wildman–Crippen MR) is 81.9 cm³/mol. The van der Waals surface area contributed by atoms with Gasteiger partial charge in [-0.3, -0.25) is 4.90 Å². The molecular weight excluding hydrogens is 244 g/mol. The molecule has 2 aromatic rings. The number of hydrogen-bond donors (Lipinski definition) is 1. The van der Waals surface area contributed by atoms with Crippen LogP contribution in [0.2, 0.25) is 0 Å². The third kappa shape index (κ3) is 1.96. The summed E-state index contributed by atoms with van der Waals surface area (Å²) in [6.45, 7) is 4.49. The Morgan fingerprint density at radius 2 is 1.65 bits per heavy atom. The minimum Gasteiger partial charge on any atom is -0.314 e. The first-order valence-corrected chi connectivity index (χ1v) is 7.52. The van der Waals surface area contributed by atoms with Crippen molar-refractivity contribution in [3.05, 3.63) is 71.3 Å². The van der Waals surface area contributed by atoms with Gasteiger partial charge < -0.3 is 5.32 Å². The van der Waals surface area contributed by atoms with E-state index in [1.807, 2.05) is 0 Å². The first-order valence-electron chi connectivity index (χ1n) is 7.52. The maximum atomic E-state index is 3.54. The first kappa shape index (κ1) is 12.1. The molecule has 1 fully saturated rings. The van der Waals surface area contributed by atoms with Crippen LogP contribution in [0, 0.1) is 0 Å². The van der Waals surface area contributed by atoms with Gasteiger partial charge in [-0.15, -0.1) is 0 Å². The van der Waals surface area contributed by atoms with E-state index in [1.165, 1.54) is 16.7 Å². The van der Waals surface area contributed by atoms with Gasteiger partial charge in [0.1, 0.15) is 0 Å². The van der Waals surface area contributed by atoms with Crippen molar-refractivity contribution in [1.29, 1.82) is 0 Å². The zero-order chi connectivity index (χ0) is 13.4. The van der Waals surface area contributed by atoms with Gasteiger partial charge >= 0.3 is 0 Å². The lowest BCUT2D eigenvalue weighted by atomic mass is 9.81. The molecule has 0 radical (unpaired) electrons. The quantitative estimate of drug-likeness (QED) is 0.852. The standard InChI is InChI=1S/C18H20N2/c1-2-6-14(7-3-1)17-13-20-11-10-19-12-18(20)16-9-5-4-8-15(16)17/h1-9,17-19H,10-13H2/t17-,18+/m0/s1. The van der Waals surface area contributed by atoms with Gasteiger partial charge in [0.25, 0.3) is 0 Å². The van der Waals surface area contributed by atoms with E-state index >= 15 is 0 Å². The molecule has 0 unspecified atom stereocenters. The second kappa shape index (κ2) is 5.04. The third-order valence-corrected chi connectivity index (χ3v) is 4.70. The van der Waals surface area contributed by atoms with Crippen LogP contribution >= 0.6 is 0 Å². The number of rotatable bonds is 1. The van der Waals surface area contributed by atoms with Crippen molar-refractivity contribution < 1.29 is 0 Å². The van der Waals surface area contributed by atoms with Gasteiger partial charge in [-0.2, -0.15) is 0 Å². The molecule has 0 spiro atoms. The molecule has 2 aliphatic heterocycles. The van der Waals surface area contributed by atoms with Crippen LogP contribution < -0.4 is 5.32 Å². The Labute approximate surface area is 120 Å². The highest BCUT2D eigenvalue weighted by Gasteiger charge is 2.34. The number of hydrogen-bond acceptors (Lipinski definition) is 2. The van der Waals surface area contributed by atoms with Crippen molar-refractivity contribution in [1.82, 2.24) is 10.2 Å². The molecule has 2 nitrogen and oxygen atoms in total. The summed E-state index contributed by atoms with van der Waals surface area (Å²) in [5.41, 5.74) is 4.47. The van der Waals surface area contributed by atoms with Crippen molar-refractivity contribution in [2.75, 3.05) is 26.2 Å². The van der Waals surface area contributed by atoms with Crippen LogP contribution in [0.3, 0.4) is 0 Å². The largest absolute Gasteiger partial charge is 0.314 e. The number of benzene rings is 2. The number of fused-ring (bicyclic) bond motifs is 3. The molecule has 2 aromatic carbocycles. The van der Waals surface area contributed by atoms with Crippen LogP contribution in [0.5, 0.6) is 0 Å². The summed E-state index contributed by atoms with van der Waals surface area (Å²) in [5.74, 6) is 0.516. The van der Waals surface area contributed by atoms with Gasteiger partial charge in [0.05, 0.1) is 0 Å². The average molecular weight is 264 g/mol. The van der Waals surface area contributed by atoms with Crippen LogP contribution in [0.4, 0.5) is 0 Å². The summed E-state index contributed by atoms with van der Waals surface area (Å²) in [7, 11) is 0. The Morgan fingerprint density at radius 3 is 2.50 bits per heavy atom. The van der Waals surface area contributed by atoms with Crippen molar-refractivity contribution >= 4 is 0 Å². The molecule has 2 heterocycles. The summed E-state index contributed by atoms with van der Waals surface area (Å²) in [5, 5.41) is 3.54. The predicted octanol–water partition coefficient (Wildman–Crippen LogP) is 2.78. The summed E-state index contributed by atoms with van der Waals surface area (Å²) in [6, 6.07) is 20.5. The fourth-order valence-corrected chi connectivity index (χ4v) is 3.71. The second-order valence-electron chi connectivity index (χ2n) is 5.81. The molecule has 0 amide bonds. The molecule has 2 atom stereocenters. The van der Waals surface area contributed by atoms with Crippen LogP contribution in [0.25, 0.3) is 0 Å². The van der Waals surface area contributed by atoms with Crippen molar-refractivity contribution in [2.24, 2.45) is 0 Å². The lowest BCUT2D eigenvalue weighted by molar-refractivity contribution is 0.143. The van der Waals surface area contributed by atoms with Crippen molar-refractivity contribution in [2.45, 2.75) is 12.0 Å². The molecule has 2 aliphatic rings. The highest BCUT2D eigenvalue weighted by molar-refractivity contribution is 5.42. The van der Waals surface area contributed by atoms with Crippen LogP contribution in [0.15, 0.2) is 54.6 Å². The molecule has 0 saturated carbocycles. The van der Waals surface area contributed by atoms with Crippen molar-refractivity contribution in [3.63, 3.8) is 0 Å². The average Bonchev–Trinajstić information content (AvgIpc) is 2.55. The molecule has 0 bridgehead atoms. The van der Waals surface area contributed by atoms with Crippen molar-refractivity contribution in [3.8, 4) is 0 Å². The Bertz CT molecular complexity index is 593. The smallest absolute Gasteiger partial charge is 0.0476 e. The maximum absolute atomic E-state index is 3.54. The Balaban J connectivity index is 1.81. The Kier molecular flexibility index (Phi) is 3.06. The van der Waals surface area contributed by atoms with E-state index in [4.69, 9.17) is 0 Å². The van der Waals surface area contributed by atoms with Gasteiger partial charge in [0, 0.05) is 38.1 Å². The number of piperazine rings is 1. The Morgan fingerprint density at radius 1 is 0.900 bits per heavy atom. The minimum absolute atomic E-state index is 0.516. The van der Waals surface area contributed by atoms with Crippen LogP contribution in [0.1, 0.15) is 28.7 Å². The number of nitrogens with one attached hydrogen (secondary N) is 1. The van der Waals surface area contributed by atoms with E-state index in [0.717, 1.165) is 26.2 Å². The fraction of sp³-hybridized carbons (Fsp3) is 0.333. The Hall–Kier alpha value is -1.64. The lowest BCUT2D eigenvalue weighted by Gasteiger charge is -2.44. The zero-order valence-electron chi connectivity index (χ0n) is 11.6. The molecule has 2 heteroatoms. The molecule has 1 saturated heterocycles. The fourth-order valence-electron chi connectivity index (χ4n) is 3.71. The van der Waals surface area contributed by atoms with Gasteiger partial charge in [0.2, 0.25) is 0 Å². The second-order valence-corrected chi connectivity index (χ2v) is 5.81. The molecule has 0 aliphatic carbocycles. The topological polar surface area (TPSA) is 15.3 Å². The summed E-state index contributed by atoms with van der Waals surface area (Å²) in [4.78, 5) is 2.65. The molecule has 4 rings (SSSR count). The molecule has 0 aromatic heterocycles. The monoisotopic (exact) mass is 264 g/mol. The van der Waals surface area contributed by atoms with E-state index in [-0.39, 0.29) is 0 Å². The summed E-state index contributed by atoms with van der Waals surface area (Å²) < 4.78 is 0. The van der Waals surface area contributed by atoms with Gasteiger partial charge in [-0.1, -0.05) is 54.6 Å². The van der Waals surface area contributed by atoms with Crippen LogP contribution in [-0.4, -0.2) is 31.1 Å². The van der Waals surface area contributed by atoms with E-state index in [2.05, 4.69) is 64.8 Å². The highest BCUT2D eigenvalue weighted by Crippen LogP contribution is 2.39. The van der Waals surface area contributed by atoms with E-state index < -0.39 is 0 Å². The number of nitrogens with zero attached hydrogens (tertiary/aromatic N) is 1. The molecular formula is C18H20N2. The molecule has 102 valence electrons. The summed E-state index contributed by atoms with van der Waals surface area (Å²) >= 11 is 0. The third-order valence-electron chi connectivity index (χ3n) is 4.70. The van der Waals surface area contributed by atoms with E-state index in [9.17, 15) is 0 Å². The van der Waals surface area contributed by atoms with Crippen LogP contribution in [-0.2, 0) is 0 Å². The normalized spacial score (nSPS) is 25.8. The SMILES string of the molecule is c1ccc([C@@H]2CN3CCNC[C@@H]3c3ccccc32)cc1. The zero-order valence-corrected chi connectivity index (χ0v) is 11.6. The van der Waals surface area contributed by atoms with Gasteiger partial charge in [-0.25, -0.2) is 0 Å². The molecule has 1 N–H and O–H groups in total. The minimum atomic E-state index is 0.516. The highest BCUT2D eigenvalue weighted by atomic mass is 15.2.